The number of hydrogen-bond acceptors (Lipinski definition) is 0. The van der Waals surface area contributed by atoms with Crippen LogP contribution in [0.4, 0.5) is 8.78 Å². The van der Waals surface area contributed by atoms with E-state index in [2.05, 4.69) is 6.92 Å². The van der Waals surface area contributed by atoms with E-state index in [1.807, 2.05) is 0 Å². The summed E-state index contributed by atoms with van der Waals surface area (Å²) in [4.78, 5) is 0. The van der Waals surface area contributed by atoms with E-state index < -0.39 is 11.6 Å². The predicted octanol–water partition coefficient (Wildman–Crippen LogP) is 3.90. The van der Waals surface area contributed by atoms with E-state index in [9.17, 15) is 8.78 Å². The quantitative estimate of drug-likeness (QED) is 0.658. The third-order valence-corrected chi connectivity index (χ3v) is 3.39. The van der Waals surface area contributed by atoms with E-state index in [1.54, 1.807) is 6.07 Å². The summed E-state index contributed by atoms with van der Waals surface area (Å²) in [5, 5.41) is -0.180. The molecule has 0 amide bonds. The SMILES string of the molecule is CC1CC1C(Cl)c1ccc(F)c(F)c1. The van der Waals surface area contributed by atoms with Gasteiger partial charge in [0.1, 0.15) is 0 Å². The standard InChI is InChI=1S/C11H11ClF2/c1-6-4-8(6)11(12)7-2-3-9(13)10(14)5-7/h2-3,5-6,8,11H,4H2,1H3. The van der Waals surface area contributed by atoms with Gasteiger partial charge in [-0.25, -0.2) is 8.78 Å². The topological polar surface area (TPSA) is 0 Å². The first-order valence-electron chi connectivity index (χ1n) is 4.68. The van der Waals surface area contributed by atoms with Crippen LogP contribution in [-0.2, 0) is 0 Å². The van der Waals surface area contributed by atoms with Crippen LogP contribution in [0.25, 0.3) is 0 Å². The van der Waals surface area contributed by atoms with Gasteiger partial charge in [-0.15, -0.1) is 11.6 Å². The van der Waals surface area contributed by atoms with Crippen molar-refractivity contribution < 1.29 is 8.78 Å². The molecule has 76 valence electrons. The van der Waals surface area contributed by atoms with Gasteiger partial charge in [0.25, 0.3) is 0 Å². The zero-order valence-electron chi connectivity index (χ0n) is 7.81. The molecular formula is C11H11ClF2. The smallest absolute Gasteiger partial charge is 0.159 e. The normalized spacial score (nSPS) is 27.4. The molecule has 1 aromatic carbocycles. The molecule has 1 aromatic rings. The lowest BCUT2D eigenvalue weighted by atomic mass is 10.1. The third kappa shape index (κ3) is 1.76. The van der Waals surface area contributed by atoms with Crippen molar-refractivity contribution in [2.45, 2.75) is 18.7 Å². The first-order chi connectivity index (χ1) is 6.59. The van der Waals surface area contributed by atoms with Gasteiger partial charge in [-0.2, -0.15) is 0 Å². The first-order valence-corrected chi connectivity index (χ1v) is 5.12. The minimum Gasteiger partial charge on any atom is -0.204 e. The summed E-state index contributed by atoms with van der Waals surface area (Å²) in [6.45, 7) is 2.11. The molecule has 0 radical (unpaired) electrons. The summed E-state index contributed by atoms with van der Waals surface area (Å²) in [6.07, 6.45) is 1.08. The van der Waals surface area contributed by atoms with Crippen LogP contribution in [0.15, 0.2) is 18.2 Å². The largest absolute Gasteiger partial charge is 0.204 e. The lowest BCUT2D eigenvalue weighted by molar-refractivity contribution is 0.506. The highest BCUT2D eigenvalue weighted by molar-refractivity contribution is 6.21. The molecule has 0 saturated heterocycles. The fourth-order valence-electron chi connectivity index (χ4n) is 1.69. The Morgan fingerprint density at radius 1 is 1.36 bits per heavy atom. The summed E-state index contributed by atoms with van der Waals surface area (Å²) in [5.74, 6) is -0.616. The van der Waals surface area contributed by atoms with Crippen LogP contribution in [-0.4, -0.2) is 0 Å². The van der Waals surface area contributed by atoms with Crippen molar-refractivity contribution in [3.8, 4) is 0 Å². The molecule has 0 nitrogen and oxygen atoms in total. The molecule has 3 heteroatoms. The van der Waals surface area contributed by atoms with Crippen LogP contribution in [0.1, 0.15) is 24.3 Å². The van der Waals surface area contributed by atoms with Crippen LogP contribution in [0.3, 0.4) is 0 Å². The average molecular weight is 217 g/mol. The Bertz CT molecular complexity index is 351. The molecule has 3 atom stereocenters. The Kier molecular flexibility index (Phi) is 2.48. The van der Waals surface area contributed by atoms with Crippen molar-refractivity contribution in [3.63, 3.8) is 0 Å². The van der Waals surface area contributed by atoms with E-state index in [0.29, 0.717) is 17.4 Å². The van der Waals surface area contributed by atoms with Gasteiger partial charge in [0.05, 0.1) is 5.38 Å². The molecule has 14 heavy (non-hydrogen) atoms. The summed E-state index contributed by atoms with van der Waals surface area (Å²) in [6, 6.07) is 3.88. The van der Waals surface area contributed by atoms with Gasteiger partial charge in [0, 0.05) is 0 Å². The van der Waals surface area contributed by atoms with Gasteiger partial charge in [0.2, 0.25) is 0 Å². The summed E-state index contributed by atoms with van der Waals surface area (Å²) >= 11 is 6.13. The van der Waals surface area contributed by atoms with Gasteiger partial charge in [-0.3, -0.25) is 0 Å². The average Bonchev–Trinajstić information content (AvgIpc) is 2.86. The maximum atomic E-state index is 12.9. The fraction of sp³-hybridized carbons (Fsp3) is 0.455. The molecule has 2 rings (SSSR count). The maximum Gasteiger partial charge on any atom is 0.159 e. The van der Waals surface area contributed by atoms with Gasteiger partial charge in [-0.05, 0) is 36.0 Å². The summed E-state index contributed by atoms with van der Waals surface area (Å²) in [7, 11) is 0. The lowest BCUT2D eigenvalue weighted by Gasteiger charge is -2.08. The fourth-order valence-corrected chi connectivity index (χ4v) is 2.18. The Morgan fingerprint density at radius 3 is 2.50 bits per heavy atom. The molecule has 0 N–H and O–H groups in total. The molecule has 0 bridgehead atoms. The highest BCUT2D eigenvalue weighted by atomic mass is 35.5. The zero-order valence-corrected chi connectivity index (χ0v) is 8.56. The maximum absolute atomic E-state index is 12.9. The van der Waals surface area contributed by atoms with Crippen molar-refractivity contribution in [3.05, 3.63) is 35.4 Å². The van der Waals surface area contributed by atoms with Crippen LogP contribution in [0, 0.1) is 23.5 Å². The van der Waals surface area contributed by atoms with Crippen molar-refractivity contribution in [1.82, 2.24) is 0 Å². The number of halogens is 3. The van der Waals surface area contributed by atoms with Crippen molar-refractivity contribution in [1.29, 1.82) is 0 Å². The molecule has 1 fully saturated rings. The van der Waals surface area contributed by atoms with Crippen molar-refractivity contribution in [2.75, 3.05) is 0 Å². The molecule has 0 aliphatic heterocycles. The summed E-state index contributed by atoms with van der Waals surface area (Å²) < 4.78 is 25.5. The van der Waals surface area contributed by atoms with Gasteiger partial charge >= 0.3 is 0 Å². The first kappa shape index (κ1) is 9.91. The Morgan fingerprint density at radius 2 is 2.00 bits per heavy atom. The van der Waals surface area contributed by atoms with E-state index in [1.165, 1.54) is 6.07 Å². The number of alkyl halides is 1. The van der Waals surface area contributed by atoms with E-state index in [-0.39, 0.29) is 5.38 Å². The van der Waals surface area contributed by atoms with E-state index in [0.717, 1.165) is 12.5 Å². The molecule has 0 aromatic heterocycles. The number of rotatable bonds is 2. The third-order valence-electron chi connectivity index (χ3n) is 2.81. The number of benzene rings is 1. The highest BCUT2D eigenvalue weighted by Gasteiger charge is 2.39. The molecule has 1 aliphatic carbocycles. The molecule has 1 aliphatic rings. The van der Waals surface area contributed by atoms with Gasteiger partial charge in [-0.1, -0.05) is 13.0 Å². The zero-order chi connectivity index (χ0) is 10.3. The Hall–Kier alpha value is -0.630. The van der Waals surface area contributed by atoms with Gasteiger partial charge in [0.15, 0.2) is 11.6 Å². The lowest BCUT2D eigenvalue weighted by Crippen LogP contribution is -1.96. The molecule has 0 heterocycles. The minimum absolute atomic E-state index is 0.180. The molecule has 3 unspecified atom stereocenters. The van der Waals surface area contributed by atoms with Crippen LogP contribution < -0.4 is 0 Å². The van der Waals surface area contributed by atoms with E-state index >= 15 is 0 Å². The second-order valence-corrected chi connectivity index (χ2v) is 4.42. The van der Waals surface area contributed by atoms with Gasteiger partial charge < -0.3 is 0 Å². The van der Waals surface area contributed by atoms with Crippen molar-refractivity contribution in [2.24, 2.45) is 11.8 Å². The second-order valence-electron chi connectivity index (χ2n) is 3.95. The highest BCUT2D eigenvalue weighted by Crippen LogP contribution is 2.50. The Labute approximate surface area is 86.9 Å². The predicted molar refractivity (Wildman–Crippen MR) is 52.2 cm³/mol. The minimum atomic E-state index is -0.818. The summed E-state index contributed by atoms with van der Waals surface area (Å²) in [5.41, 5.74) is 0.680. The molecule has 1 saturated carbocycles. The monoisotopic (exact) mass is 216 g/mol. The van der Waals surface area contributed by atoms with Crippen LogP contribution in [0.5, 0.6) is 0 Å². The van der Waals surface area contributed by atoms with Crippen LogP contribution in [0.2, 0.25) is 0 Å². The second kappa shape index (κ2) is 3.50. The Balaban J connectivity index is 2.20. The van der Waals surface area contributed by atoms with Crippen LogP contribution >= 0.6 is 11.6 Å². The van der Waals surface area contributed by atoms with Crippen molar-refractivity contribution >= 4 is 11.6 Å². The van der Waals surface area contributed by atoms with E-state index in [4.69, 9.17) is 11.6 Å². The molecular weight excluding hydrogens is 206 g/mol. The molecule has 0 spiro atoms. The number of hydrogen-bond donors (Lipinski definition) is 0.